The Morgan fingerprint density at radius 3 is 2.73 bits per heavy atom. The molecule has 1 heterocycles. The fourth-order valence-corrected chi connectivity index (χ4v) is 3.16. The van der Waals surface area contributed by atoms with Crippen LogP contribution in [0.3, 0.4) is 0 Å². The summed E-state index contributed by atoms with van der Waals surface area (Å²) in [5.41, 5.74) is 3.11. The summed E-state index contributed by atoms with van der Waals surface area (Å²) < 4.78 is 26.9. The molecule has 0 atom stereocenters. The molecular weight excluding hydrogens is 334 g/mol. The van der Waals surface area contributed by atoms with Crippen LogP contribution in [0, 0.1) is 11.6 Å². The second-order valence-electron chi connectivity index (χ2n) is 6.38. The van der Waals surface area contributed by atoms with E-state index in [4.69, 9.17) is 0 Å². The maximum Gasteiger partial charge on any atom is 0.191 e. The Labute approximate surface area is 152 Å². The predicted molar refractivity (Wildman–Crippen MR) is 100.0 cm³/mol. The Morgan fingerprint density at radius 2 is 1.92 bits per heavy atom. The Bertz CT molecular complexity index is 776. The lowest BCUT2D eigenvalue weighted by Gasteiger charge is -2.28. The van der Waals surface area contributed by atoms with Crippen LogP contribution in [0.1, 0.15) is 16.7 Å². The standard InChI is InChI=1S/C20H24F2N4/c1-23-20(25-13-17-12-18(21)6-7-19(17)22)24-9-11-26-10-8-15-4-2-3-5-16(15)14-26/h2-7,12H,8-11,13-14H2,1H3,(H2,23,24,25). The van der Waals surface area contributed by atoms with Crippen molar-refractivity contribution in [2.75, 3.05) is 26.7 Å². The van der Waals surface area contributed by atoms with E-state index in [0.29, 0.717) is 5.96 Å². The molecular formula is C20H24F2N4. The molecule has 6 heteroatoms. The first kappa shape index (κ1) is 18.3. The molecule has 0 radical (unpaired) electrons. The highest BCUT2D eigenvalue weighted by Gasteiger charge is 2.15. The van der Waals surface area contributed by atoms with E-state index in [2.05, 4.69) is 44.8 Å². The summed E-state index contributed by atoms with van der Waals surface area (Å²) in [7, 11) is 1.66. The van der Waals surface area contributed by atoms with Gasteiger partial charge in [-0.2, -0.15) is 0 Å². The molecule has 1 aliphatic rings. The molecule has 1 aliphatic heterocycles. The van der Waals surface area contributed by atoms with E-state index in [0.717, 1.165) is 44.7 Å². The van der Waals surface area contributed by atoms with Gasteiger partial charge in [-0.05, 0) is 35.7 Å². The van der Waals surface area contributed by atoms with Gasteiger partial charge in [0, 0.05) is 45.3 Å². The van der Waals surface area contributed by atoms with Crippen LogP contribution < -0.4 is 10.6 Å². The summed E-state index contributed by atoms with van der Waals surface area (Å²) in [6.07, 6.45) is 1.07. The predicted octanol–water partition coefficient (Wildman–Crippen LogP) is 2.69. The third-order valence-electron chi connectivity index (χ3n) is 4.61. The van der Waals surface area contributed by atoms with Crippen molar-refractivity contribution in [3.63, 3.8) is 0 Å². The number of rotatable bonds is 5. The highest BCUT2D eigenvalue weighted by Crippen LogP contribution is 2.17. The lowest BCUT2D eigenvalue weighted by atomic mass is 10.00. The van der Waals surface area contributed by atoms with Gasteiger partial charge in [0.25, 0.3) is 0 Å². The zero-order valence-electron chi connectivity index (χ0n) is 14.9. The van der Waals surface area contributed by atoms with Crippen molar-refractivity contribution in [3.8, 4) is 0 Å². The van der Waals surface area contributed by atoms with Crippen LogP contribution >= 0.6 is 0 Å². The number of aliphatic imine (C=N–C) groups is 1. The van der Waals surface area contributed by atoms with Gasteiger partial charge in [0.15, 0.2) is 5.96 Å². The van der Waals surface area contributed by atoms with E-state index in [1.54, 1.807) is 7.05 Å². The molecule has 4 nitrogen and oxygen atoms in total. The van der Waals surface area contributed by atoms with Crippen LogP contribution in [0.25, 0.3) is 0 Å². The van der Waals surface area contributed by atoms with E-state index >= 15 is 0 Å². The number of hydrogen-bond acceptors (Lipinski definition) is 2. The minimum Gasteiger partial charge on any atom is -0.355 e. The number of guanidine groups is 1. The average Bonchev–Trinajstić information content (AvgIpc) is 2.67. The SMILES string of the molecule is CN=C(NCCN1CCc2ccccc2C1)NCc1cc(F)ccc1F. The molecule has 0 unspecified atom stereocenters. The van der Waals surface area contributed by atoms with E-state index in [-0.39, 0.29) is 12.1 Å². The van der Waals surface area contributed by atoms with Crippen molar-refractivity contribution in [1.82, 2.24) is 15.5 Å². The second-order valence-corrected chi connectivity index (χ2v) is 6.38. The first-order valence-electron chi connectivity index (χ1n) is 8.83. The lowest BCUT2D eigenvalue weighted by Crippen LogP contribution is -2.42. The molecule has 0 bridgehead atoms. The summed E-state index contributed by atoms with van der Waals surface area (Å²) in [5, 5.41) is 6.25. The quantitative estimate of drug-likeness (QED) is 0.638. The van der Waals surface area contributed by atoms with Crippen molar-refractivity contribution < 1.29 is 8.78 Å². The highest BCUT2D eigenvalue weighted by atomic mass is 19.1. The van der Waals surface area contributed by atoms with Crippen molar-refractivity contribution >= 4 is 5.96 Å². The van der Waals surface area contributed by atoms with Gasteiger partial charge < -0.3 is 10.6 Å². The van der Waals surface area contributed by atoms with Gasteiger partial charge >= 0.3 is 0 Å². The van der Waals surface area contributed by atoms with Gasteiger partial charge in [0.2, 0.25) is 0 Å². The Kier molecular flexibility index (Phi) is 6.17. The largest absolute Gasteiger partial charge is 0.355 e. The molecule has 0 fully saturated rings. The Morgan fingerprint density at radius 1 is 1.12 bits per heavy atom. The maximum absolute atomic E-state index is 13.7. The van der Waals surface area contributed by atoms with Gasteiger partial charge in [0.05, 0.1) is 0 Å². The molecule has 0 spiro atoms. The molecule has 0 amide bonds. The zero-order chi connectivity index (χ0) is 18.4. The lowest BCUT2D eigenvalue weighted by molar-refractivity contribution is 0.258. The van der Waals surface area contributed by atoms with Crippen LogP contribution in [0.5, 0.6) is 0 Å². The maximum atomic E-state index is 13.7. The van der Waals surface area contributed by atoms with Gasteiger partial charge in [-0.3, -0.25) is 9.89 Å². The normalized spacial score (nSPS) is 14.8. The number of benzene rings is 2. The van der Waals surface area contributed by atoms with Crippen molar-refractivity contribution in [2.24, 2.45) is 4.99 Å². The summed E-state index contributed by atoms with van der Waals surface area (Å²) in [6, 6.07) is 12.0. The van der Waals surface area contributed by atoms with Gasteiger partial charge in [0.1, 0.15) is 11.6 Å². The van der Waals surface area contributed by atoms with Crippen LogP contribution in [-0.4, -0.2) is 37.5 Å². The van der Waals surface area contributed by atoms with E-state index in [1.807, 2.05) is 0 Å². The number of nitrogens with one attached hydrogen (secondary N) is 2. The van der Waals surface area contributed by atoms with Crippen molar-refractivity contribution in [3.05, 3.63) is 70.8 Å². The molecule has 26 heavy (non-hydrogen) atoms. The first-order chi connectivity index (χ1) is 12.7. The summed E-state index contributed by atoms with van der Waals surface area (Å²) in [4.78, 5) is 6.53. The smallest absolute Gasteiger partial charge is 0.191 e. The van der Waals surface area contributed by atoms with Gasteiger partial charge in [-0.1, -0.05) is 24.3 Å². The third kappa shape index (κ3) is 4.79. The monoisotopic (exact) mass is 358 g/mol. The van der Waals surface area contributed by atoms with Crippen LogP contribution in [-0.2, 0) is 19.5 Å². The average molecular weight is 358 g/mol. The van der Waals surface area contributed by atoms with Crippen LogP contribution in [0.2, 0.25) is 0 Å². The molecule has 3 rings (SSSR count). The summed E-state index contributed by atoms with van der Waals surface area (Å²) >= 11 is 0. The van der Waals surface area contributed by atoms with E-state index in [1.165, 1.54) is 17.2 Å². The van der Waals surface area contributed by atoms with Gasteiger partial charge in [-0.25, -0.2) is 8.78 Å². The van der Waals surface area contributed by atoms with E-state index in [9.17, 15) is 8.78 Å². The second kappa shape index (κ2) is 8.76. The fraction of sp³-hybridized carbons (Fsp3) is 0.350. The Hall–Kier alpha value is -2.47. The fourth-order valence-electron chi connectivity index (χ4n) is 3.16. The summed E-state index contributed by atoms with van der Waals surface area (Å²) in [5.74, 6) is -0.302. The molecule has 2 aromatic rings. The zero-order valence-corrected chi connectivity index (χ0v) is 14.9. The van der Waals surface area contributed by atoms with Crippen molar-refractivity contribution in [2.45, 2.75) is 19.5 Å². The molecule has 0 saturated carbocycles. The highest BCUT2D eigenvalue weighted by molar-refractivity contribution is 5.79. The van der Waals surface area contributed by atoms with Crippen LogP contribution in [0.4, 0.5) is 8.78 Å². The molecule has 138 valence electrons. The van der Waals surface area contributed by atoms with E-state index < -0.39 is 11.6 Å². The van der Waals surface area contributed by atoms with Crippen molar-refractivity contribution in [1.29, 1.82) is 0 Å². The van der Waals surface area contributed by atoms with Gasteiger partial charge in [-0.15, -0.1) is 0 Å². The van der Waals surface area contributed by atoms with Crippen LogP contribution in [0.15, 0.2) is 47.5 Å². The molecule has 0 saturated heterocycles. The molecule has 2 N–H and O–H groups in total. The Balaban J connectivity index is 1.44. The summed E-state index contributed by atoms with van der Waals surface area (Å²) in [6.45, 7) is 3.80. The number of nitrogens with zero attached hydrogens (tertiary/aromatic N) is 2. The third-order valence-corrected chi connectivity index (χ3v) is 4.61. The number of hydrogen-bond donors (Lipinski definition) is 2. The molecule has 0 aliphatic carbocycles. The number of fused-ring (bicyclic) bond motifs is 1. The topological polar surface area (TPSA) is 39.7 Å². The first-order valence-corrected chi connectivity index (χ1v) is 8.83. The molecule has 0 aromatic heterocycles. The minimum absolute atomic E-state index is 0.181. The molecule has 2 aromatic carbocycles. The number of halogens is 2. The minimum atomic E-state index is -0.448.